The van der Waals surface area contributed by atoms with Crippen LogP contribution in [0.25, 0.3) is 0 Å². The maximum atomic E-state index is 10.3. The molecule has 3 heteroatoms. The summed E-state index contributed by atoms with van der Waals surface area (Å²) in [5.74, 6) is -0.804. The summed E-state index contributed by atoms with van der Waals surface area (Å²) in [7, 11) is 0. The van der Waals surface area contributed by atoms with Crippen molar-refractivity contribution in [2.45, 2.75) is 39.5 Å². The highest BCUT2D eigenvalue weighted by atomic mass is 16.4. The molecular formula is C9H18O3. The van der Waals surface area contributed by atoms with E-state index in [1.807, 2.05) is 0 Å². The first-order chi connectivity index (χ1) is 5.18. The average molecular weight is 174 g/mol. The Kier molecular flexibility index (Phi) is 9.47. The van der Waals surface area contributed by atoms with Gasteiger partial charge in [0.05, 0.1) is 0 Å². The fourth-order valence-electron chi connectivity index (χ4n) is 0.800. The minimum absolute atomic E-state index is 0. The molecule has 0 fully saturated rings. The van der Waals surface area contributed by atoms with Gasteiger partial charge in [0, 0.05) is 5.57 Å². The van der Waals surface area contributed by atoms with E-state index in [9.17, 15) is 4.79 Å². The molecule has 0 bridgehead atoms. The van der Waals surface area contributed by atoms with Crippen LogP contribution in [0.5, 0.6) is 0 Å². The second kappa shape index (κ2) is 8.27. The molecule has 0 aromatic carbocycles. The zero-order valence-corrected chi connectivity index (χ0v) is 7.76. The first-order valence-electron chi connectivity index (χ1n) is 4.08. The average Bonchev–Trinajstić information content (AvgIpc) is 1.97. The Morgan fingerprint density at radius 1 is 1.42 bits per heavy atom. The number of carbonyl (C=O) groups is 1. The van der Waals surface area contributed by atoms with E-state index in [0.717, 1.165) is 12.8 Å². The molecule has 3 nitrogen and oxygen atoms in total. The van der Waals surface area contributed by atoms with Gasteiger partial charge in [0.1, 0.15) is 0 Å². The number of rotatable bonds is 5. The molecule has 12 heavy (non-hydrogen) atoms. The van der Waals surface area contributed by atoms with Gasteiger partial charge < -0.3 is 10.6 Å². The Morgan fingerprint density at radius 3 is 2.42 bits per heavy atom. The standard InChI is InChI=1S/C9H16O2.H2O/c1-3-4-5-6-7-8(2)9(10)11;/h7H,3-6H2,1-2H3,(H,10,11);1H2/b8-7-;. The summed E-state index contributed by atoms with van der Waals surface area (Å²) in [5.41, 5.74) is 0.459. The van der Waals surface area contributed by atoms with Crippen LogP contribution in [-0.4, -0.2) is 16.6 Å². The molecule has 0 radical (unpaired) electrons. The first kappa shape index (κ1) is 13.7. The molecule has 0 spiro atoms. The monoisotopic (exact) mass is 174 g/mol. The highest BCUT2D eigenvalue weighted by Crippen LogP contribution is 2.02. The van der Waals surface area contributed by atoms with Crippen molar-refractivity contribution >= 4 is 5.97 Å². The topological polar surface area (TPSA) is 68.8 Å². The second-order valence-electron chi connectivity index (χ2n) is 2.69. The van der Waals surface area contributed by atoms with Crippen molar-refractivity contribution < 1.29 is 15.4 Å². The summed E-state index contributed by atoms with van der Waals surface area (Å²) in [6.07, 6.45) is 6.15. The number of hydrogen-bond acceptors (Lipinski definition) is 1. The van der Waals surface area contributed by atoms with Gasteiger partial charge in [-0.05, 0) is 19.8 Å². The van der Waals surface area contributed by atoms with Gasteiger partial charge in [-0.15, -0.1) is 0 Å². The molecule has 3 N–H and O–H groups in total. The van der Waals surface area contributed by atoms with Crippen LogP contribution in [0.4, 0.5) is 0 Å². The van der Waals surface area contributed by atoms with E-state index in [2.05, 4.69) is 6.92 Å². The highest BCUT2D eigenvalue weighted by molar-refractivity contribution is 5.85. The van der Waals surface area contributed by atoms with Crippen molar-refractivity contribution in [2.24, 2.45) is 0 Å². The smallest absolute Gasteiger partial charge is 0.330 e. The van der Waals surface area contributed by atoms with Gasteiger partial charge in [-0.3, -0.25) is 0 Å². The predicted molar refractivity (Wildman–Crippen MR) is 49.1 cm³/mol. The summed E-state index contributed by atoms with van der Waals surface area (Å²) in [4.78, 5) is 10.3. The molecule has 0 amide bonds. The van der Waals surface area contributed by atoms with Gasteiger partial charge in [-0.25, -0.2) is 4.79 Å². The molecule has 0 unspecified atom stereocenters. The summed E-state index contributed by atoms with van der Waals surface area (Å²) in [5, 5.41) is 8.47. The number of hydrogen-bond donors (Lipinski definition) is 1. The van der Waals surface area contributed by atoms with E-state index in [1.54, 1.807) is 13.0 Å². The van der Waals surface area contributed by atoms with Crippen molar-refractivity contribution in [1.82, 2.24) is 0 Å². The van der Waals surface area contributed by atoms with Crippen molar-refractivity contribution in [1.29, 1.82) is 0 Å². The molecule has 0 aliphatic heterocycles. The Hall–Kier alpha value is -0.830. The highest BCUT2D eigenvalue weighted by Gasteiger charge is 1.96. The molecular weight excluding hydrogens is 156 g/mol. The third kappa shape index (κ3) is 7.28. The van der Waals surface area contributed by atoms with E-state index < -0.39 is 5.97 Å². The molecule has 0 atom stereocenters. The summed E-state index contributed by atoms with van der Waals surface area (Å²) in [6.45, 7) is 3.77. The SMILES string of the molecule is CCCCC/C=C(/C)C(=O)O.O. The molecule has 0 aliphatic rings. The maximum absolute atomic E-state index is 10.3. The summed E-state index contributed by atoms with van der Waals surface area (Å²) < 4.78 is 0. The van der Waals surface area contributed by atoms with Crippen LogP contribution in [0.3, 0.4) is 0 Å². The van der Waals surface area contributed by atoms with Gasteiger partial charge in [-0.2, -0.15) is 0 Å². The van der Waals surface area contributed by atoms with Crippen LogP contribution in [0.2, 0.25) is 0 Å². The molecule has 0 aromatic heterocycles. The lowest BCUT2D eigenvalue weighted by Crippen LogP contribution is -1.95. The summed E-state index contributed by atoms with van der Waals surface area (Å²) >= 11 is 0. The van der Waals surface area contributed by atoms with Crippen LogP contribution < -0.4 is 0 Å². The number of allylic oxidation sites excluding steroid dienone is 1. The zero-order chi connectivity index (χ0) is 8.69. The van der Waals surface area contributed by atoms with Crippen molar-refractivity contribution in [3.63, 3.8) is 0 Å². The Labute approximate surface area is 73.4 Å². The van der Waals surface area contributed by atoms with Crippen molar-refractivity contribution in [3.05, 3.63) is 11.6 Å². The molecule has 0 aromatic rings. The third-order valence-corrected chi connectivity index (χ3v) is 1.60. The largest absolute Gasteiger partial charge is 0.478 e. The fourth-order valence-corrected chi connectivity index (χ4v) is 0.800. The molecule has 0 rings (SSSR count). The number of aliphatic carboxylic acids is 1. The lowest BCUT2D eigenvalue weighted by atomic mass is 10.1. The van der Waals surface area contributed by atoms with E-state index in [-0.39, 0.29) is 5.48 Å². The second-order valence-corrected chi connectivity index (χ2v) is 2.69. The molecule has 72 valence electrons. The number of unbranched alkanes of at least 4 members (excludes halogenated alkanes) is 3. The predicted octanol–water partition coefficient (Wildman–Crippen LogP) is 1.77. The fraction of sp³-hybridized carbons (Fsp3) is 0.667. The molecule has 0 saturated heterocycles. The van der Waals surface area contributed by atoms with Gasteiger partial charge >= 0.3 is 5.97 Å². The van der Waals surface area contributed by atoms with Gasteiger partial charge in [-0.1, -0.05) is 25.8 Å². The third-order valence-electron chi connectivity index (χ3n) is 1.60. The Balaban J connectivity index is 0. The van der Waals surface area contributed by atoms with Gasteiger partial charge in [0.2, 0.25) is 0 Å². The lowest BCUT2D eigenvalue weighted by Gasteiger charge is -1.93. The molecule has 0 aliphatic carbocycles. The van der Waals surface area contributed by atoms with Crippen LogP contribution in [0, 0.1) is 0 Å². The first-order valence-corrected chi connectivity index (χ1v) is 4.08. The normalized spacial score (nSPS) is 10.7. The number of carboxylic acid groups (broad SMARTS) is 1. The quantitative estimate of drug-likeness (QED) is 0.509. The van der Waals surface area contributed by atoms with E-state index >= 15 is 0 Å². The minimum Gasteiger partial charge on any atom is -0.478 e. The Morgan fingerprint density at radius 2 is 2.00 bits per heavy atom. The Bertz CT molecular complexity index is 150. The lowest BCUT2D eigenvalue weighted by molar-refractivity contribution is -0.132. The maximum Gasteiger partial charge on any atom is 0.330 e. The van der Waals surface area contributed by atoms with Crippen LogP contribution in [0.1, 0.15) is 39.5 Å². The molecule has 0 heterocycles. The minimum atomic E-state index is -0.804. The van der Waals surface area contributed by atoms with Gasteiger partial charge in [0.15, 0.2) is 0 Å². The van der Waals surface area contributed by atoms with Crippen LogP contribution >= 0.6 is 0 Å². The van der Waals surface area contributed by atoms with Crippen molar-refractivity contribution in [3.8, 4) is 0 Å². The van der Waals surface area contributed by atoms with Crippen molar-refractivity contribution in [2.75, 3.05) is 0 Å². The van der Waals surface area contributed by atoms with E-state index in [1.165, 1.54) is 12.8 Å². The van der Waals surface area contributed by atoms with E-state index in [0.29, 0.717) is 5.57 Å². The molecule has 0 saturated carbocycles. The number of carboxylic acids is 1. The van der Waals surface area contributed by atoms with Crippen LogP contribution in [0.15, 0.2) is 11.6 Å². The van der Waals surface area contributed by atoms with Crippen LogP contribution in [-0.2, 0) is 4.79 Å². The summed E-state index contributed by atoms with van der Waals surface area (Å²) in [6, 6.07) is 0. The zero-order valence-electron chi connectivity index (χ0n) is 7.76. The van der Waals surface area contributed by atoms with Gasteiger partial charge in [0.25, 0.3) is 0 Å². The van der Waals surface area contributed by atoms with E-state index in [4.69, 9.17) is 5.11 Å².